The van der Waals surface area contributed by atoms with E-state index in [2.05, 4.69) is 37.6 Å². The van der Waals surface area contributed by atoms with Crippen molar-refractivity contribution in [1.29, 1.82) is 0 Å². The van der Waals surface area contributed by atoms with Gasteiger partial charge in [-0.1, -0.05) is 42.5 Å². The number of nitrogens with zero attached hydrogens (tertiary/aromatic N) is 4. The molecule has 0 radical (unpaired) electrons. The first-order valence-corrected chi connectivity index (χ1v) is 14.1. The molecule has 8 nitrogen and oxygen atoms in total. The molecule has 1 aliphatic rings. The Morgan fingerprint density at radius 3 is 2.59 bits per heavy atom. The Balaban J connectivity index is 1.20. The average molecular weight is 543 g/mol. The number of carbonyl (C=O) groups is 1. The second-order valence-electron chi connectivity index (χ2n) is 9.70. The monoisotopic (exact) mass is 542 g/mol. The van der Waals surface area contributed by atoms with Gasteiger partial charge >= 0.3 is 0 Å². The van der Waals surface area contributed by atoms with E-state index in [0.717, 1.165) is 61.1 Å². The Bertz CT molecular complexity index is 1370. The van der Waals surface area contributed by atoms with Crippen LogP contribution in [0.1, 0.15) is 33.8 Å². The number of amides is 1. The number of aliphatic hydroxyl groups is 1. The molecule has 1 amide bonds. The molecule has 1 atom stereocenters. The van der Waals surface area contributed by atoms with Crippen molar-refractivity contribution in [1.82, 2.24) is 25.1 Å². The van der Waals surface area contributed by atoms with Crippen LogP contribution in [-0.2, 0) is 6.54 Å². The first-order valence-electron chi connectivity index (χ1n) is 13.3. The fourth-order valence-corrected chi connectivity index (χ4v) is 5.57. The van der Waals surface area contributed by atoms with Gasteiger partial charge in [0, 0.05) is 51.2 Å². The number of anilines is 2. The van der Waals surface area contributed by atoms with Gasteiger partial charge in [-0.25, -0.2) is 9.97 Å². The summed E-state index contributed by atoms with van der Waals surface area (Å²) in [7, 11) is 0. The van der Waals surface area contributed by atoms with Crippen LogP contribution in [0, 0.1) is 0 Å². The first kappa shape index (κ1) is 27.0. The summed E-state index contributed by atoms with van der Waals surface area (Å²) in [4.78, 5) is 28.3. The van der Waals surface area contributed by atoms with Gasteiger partial charge in [-0.2, -0.15) is 0 Å². The second kappa shape index (κ2) is 12.9. The first-order chi connectivity index (χ1) is 19.1. The van der Waals surface area contributed by atoms with Gasteiger partial charge in [0.2, 0.25) is 5.95 Å². The summed E-state index contributed by atoms with van der Waals surface area (Å²) in [6.07, 6.45) is 1.73. The number of piperazine rings is 1. The molecule has 202 valence electrons. The average Bonchev–Trinajstić information content (AvgIpc) is 3.46. The molecule has 0 spiro atoms. The highest BCUT2D eigenvalue weighted by Crippen LogP contribution is 2.28. The highest BCUT2D eigenvalue weighted by Gasteiger charge is 2.17. The molecule has 0 bridgehead atoms. The predicted octanol–water partition coefficient (Wildman–Crippen LogP) is 4.55. The minimum atomic E-state index is -0.0957. The number of hydrogen-bond acceptors (Lipinski definition) is 8. The lowest BCUT2D eigenvalue weighted by molar-refractivity contribution is 0.0944. The van der Waals surface area contributed by atoms with Crippen molar-refractivity contribution >= 4 is 28.9 Å². The van der Waals surface area contributed by atoms with Crippen molar-refractivity contribution in [2.45, 2.75) is 19.5 Å². The molecule has 0 unspecified atom stereocenters. The number of carbonyl (C=O) groups excluding carboxylic acids is 1. The van der Waals surface area contributed by atoms with Gasteiger partial charge in [0.25, 0.3) is 5.91 Å². The van der Waals surface area contributed by atoms with Gasteiger partial charge in [0.15, 0.2) is 0 Å². The highest BCUT2D eigenvalue weighted by molar-refractivity contribution is 7.17. The smallest absolute Gasteiger partial charge is 0.261 e. The number of aliphatic hydroxyl groups excluding tert-OH is 1. The molecule has 1 aliphatic heterocycles. The van der Waals surface area contributed by atoms with Crippen LogP contribution >= 0.6 is 11.3 Å². The molecule has 1 saturated heterocycles. The summed E-state index contributed by atoms with van der Waals surface area (Å²) in [5.41, 5.74) is 4.00. The number of benzene rings is 2. The van der Waals surface area contributed by atoms with Crippen molar-refractivity contribution in [3.63, 3.8) is 0 Å². The lowest BCUT2D eigenvalue weighted by atomic mass is 10.1. The van der Waals surface area contributed by atoms with Gasteiger partial charge in [0.1, 0.15) is 0 Å². The Hall–Kier alpha value is -3.63. The highest BCUT2D eigenvalue weighted by atomic mass is 32.1. The predicted molar refractivity (Wildman–Crippen MR) is 156 cm³/mol. The zero-order valence-electron chi connectivity index (χ0n) is 22.1. The summed E-state index contributed by atoms with van der Waals surface area (Å²) in [6, 6.07) is 23.8. The normalized spacial score (nSPS) is 15.1. The molecule has 2 aromatic heterocycles. The summed E-state index contributed by atoms with van der Waals surface area (Å²) >= 11 is 1.42. The zero-order chi connectivity index (χ0) is 27.0. The maximum Gasteiger partial charge on any atom is 0.261 e. The van der Waals surface area contributed by atoms with Crippen LogP contribution < -0.4 is 10.6 Å². The van der Waals surface area contributed by atoms with E-state index in [1.165, 1.54) is 16.9 Å². The van der Waals surface area contributed by atoms with E-state index in [1.807, 2.05) is 67.6 Å². The summed E-state index contributed by atoms with van der Waals surface area (Å²) in [5, 5.41) is 15.6. The van der Waals surface area contributed by atoms with Gasteiger partial charge < -0.3 is 15.7 Å². The van der Waals surface area contributed by atoms with Crippen molar-refractivity contribution in [2.75, 3.05) is 44.6 Å². The van der Waals surface area contributed by atoms with Crippen LogP contribution in [0.4, 0.5) is 11.6 Å². The Morgan fingerprint density at radius 2 is 1.79 bits per heavy atom. The SMILES string of the molecule is C[C@@H](NC(=O)c1ccc(-c2ccnc(Nc3cccc(CN4CCN(CCO)CC4)c3)n2)s1)c1ccccc1. The zero-order valence-corrected chi connectivity index (χ0v) is 22.9. The number of β-amino-alcohol motifs (C(OH)–C–C–N with tert-alkyl or cyclic N) is 1. The minimum absolute atomic E-state index is 0.0780. The van der Waals surface area contributed by atoms with E-state index < -0.39 is 0 Å². The van der Waals surface area contributed by atoms with Crippen molar-refractivity contribution in [2.24, 2.45) is 0 Å². The number of hydrogen-bond donors (Lipinski definition) is 3. The van der Waals surface area contributed by atoms with Crippen LogP contribution in [0.25, 0.3) is 10.6 Å². The van der Waals surface area contributed by atoms with Crippen LogP contribution in [-0.4, -0.2) is 70.1 Å². The molecule has 0 saturated carbocycles. The standard InChI is InChI=1S/C30H34N6O2S/c1-22(24-7-3-2-4-8-24)32-29(38)28-11-10-27(39-28)26-12-13-31-30(34-26)33-25-9-5-6-23(20-25)21-36-16-14-35(15-17-36)18-19-37/h2-13,20,22,37H,14-19,21H2,1H3,(H,32,38)(H,31,33,34)/t22-/m1/s1. The quantitative estimate of drug-likeness (QED) is 0.271. The third-order valence-electron chi connectivity index (χ3n) is 6.86. The summed E-state index contributed by atoms with van der Waals surface area (Å²) in [5.74, 6) is 0.418. The van der Waals surface area contributed by atoms with Crippen molar-refractivity contribution in [3.8, 4) is 10.6 Å². The van der Waals surface area contributed by atoms with E-state index in [9.17, 15) is 4.79 Å². The molecule has 9 heteroatoms. The lowest BCUT2D eigenvalue weighted by Gasteiger charge is -2.34. The van der Waals surface area contributed by atoms with Gasteiger partial charge in [-0.15, -0.1) is 11.3 Å². The number of thiophene rings is 1. The largest absolute Gasteiger partial charge is 0.395 e. The van der Waals surface area contributed by atoms with Crippen LogP contribution in [0.3, 0.4) is 0 Å². The maximum absolute atomic E-state index is 12.8. The fraction of sp³-hybridized carbons (Fsp3) is 0.300. The number of nitrogens with one attached hydrogen (secondary N) is 2. The Morgan fingerprint density at radius 1 is 1.00 bits per heavy atom. The van der Waals surface area contributed by atoms with E-state index in [0.29, 0.717) is 10.8 Å². The molecule has 1 fully saturated rings. The molecule has 39 heavy (non-hydrogen) atoms. The van der Waals surface area contributed by atoms with Crippen LogP contribution in [0.15, 0.2) is 79.0 Å². The third kappa shape index (κ3) is 7.27. The minimum Gasteiger partial charge on any atom is -0.395 e. The van der Waals surface area contributed by atoms with Gasteiger partial charge in [0.05, 0.1) is 28.1 Å². The van der Waals surface area contributed by atoms with E-state index in [1.54, 1.807) is 6.20 Å². The Labute approximate surface area is 233 Å². The molecular formula is C30H34N6O2S. The molecule has 4 aromatic rings. The molecule has 0 aliphatic carbocycles. The molecule has 5 rings (SSSR count). The summed E-state index contributed by atoms with van der Waals surface area (Å²) < 4.78 is 0. The van der Waals surface area contributed by atoms with Crippen LogP contribution in [0.2, 0.25) is 0 Å². The van der Waals surface area contributed by atoms with Crippen molar-refractivity contribution < 1.29 is 9.90 Å². The lowest BCUT2D eigenvalue weighted by Crippen LogP contribution is -2.46. The molecule has 3 heterocycles. The number of aromatic nitrogens is 2. The van der Waals surface area contributed by atoms with Crippen molar-refractivity contribution in [3.05, 3.63) is 95.0 Å². The van der Waals surface area contributed by atoms with E-state index >= 15 is 0 Å². The number of rotatable bonds is 10. The molecule has 2 aromatic carbocycles. The van der Waals surface area contributed by atoms with Gasteiger partial charge in [-0.3, -0.25) is 14.6 Å². The second-order valence-corrected chi connectivity index (χ2v) is 10.8. The Kier molecular flexibility index (Phi) is 8.95. The molecule has 3 N–H and O–H groups in total. The maximum atomic E-state index is 12.8. The summed E-state index contributed by atoms with van der Waals surface area (Å²) in [6.45, 7) is 7.79. The fourth-order valence-electron chi connectivity index (χ4n) is 4.69. The van der Waals surface area contributed by atoms with E-state index in [4.69, 9.17) is 10.1 Å². The van der Waals surface area contributed by atoms with E-state index in [-0.39, 0.29) is 18.6 Å². The van der Waals surface area contributed by atoms with Crippen LogP contribution in [0.5, 0.6) is 0 Å². The topological polar surface area (TPSA) is 93.6 Å². The molecular weight excluding hydrogens is 508 g/mol. The van der Waals surface area contributed by atoms with Gasteiger partial charge in [-0.05, 0) is 48.4 Å². The third-order valence-corrected chi connectivity index (χ3v) is 7.96.